The summed E-state index contributed by atoms with van der Waals surface area (Å²) >= 11 is 0. The van der Waals surface area contributed by atoms with Crippen LogP contribution in [0.3, 0.4) is 0 Å². The van der Waals surface area contributed by atoms with Gasteiger partial charge in [-0.15, -0.1) is 0 Å². The molecule has 284 valence electrons. The van der Waals surface area contributed by atoms with Crippen molar-refractivity contribution in [1.29, 1.82) is 0 Å². The van der Waals surface area contributed by atoms with Gasteiger partial charge in [0, 0.05) is 49.9 Å². The molecule has 0 aromatic carbocycles. The molecule has 5 N–H and O–H groups in total. The van der Waals surface area contributed by atoms with Crippen LogP contribution in [0.4, 0.5) is 0 Å². The summed E-state index contributed by atoms with van der Waals surface area (Å²) in [4.78, 5) is 21.0. The van der Waals surface area contributed by atoms with Crippen LogP contribution in [-0.4, -0.2) is 80.4 Å². The summed E-state index contributed by atoms with van der Waals surface area (Å²) in [6.45, 7) is 4.30. The van der Waals surface area contributed by atoms with Crippen LogP contribution in [-0.2, 0) is 23.8 Å². The van der Waals surface area contributed by atoms with Gasteiger partial charge in [-0.2, -0.15) is 0 Å². The average Bonchev–Trinajstić information content (AvgIpc) is 3.58. The molecular weight excluding hydrogens is 640 g/mol. The van der Waals surface area contributed by atoms with E-state index in [0.717, 1.165) is 82.8 Å². The molecule has 5 rings (SSSR count). The second-order valence-corrected chi connectivity index (χ2v) is 14.4. The van der Waals surface area contributed by atoms with Crippen molar-refractivity contribution >= 4 is 11.9 Å². The Morgan fingerprint density at radius 3 is 2.04 bits per heavy atom. The van der Waals surface area contributed by atoms with Gasteiger partial charge in [-0.3, -0.25) is 9.59 Å². The number of ether oxygens (including phenoxy) is 3. The first-order chi connectivity index (χ1) is 24.1. The first-order valence-corrected chi connectivity index (χ1v) is 19.3. The zero-order valence-corrected chi connectivity index (χ0v) is 30.3. The molecule has 10 heteroatoms. The maximum atomic E-state index is 10.5. The van der Waals surface area contributed by atoms with E-state index >= 15 is 0 Å². The molecule has 4 heterocycles. The van der Waals surface area contributed by atoms with Crippen molar-refractivity contribution in [3.8, 4) is 0 Å². The first-order valence-electron chi connectivity index (χ1n) is 19.3. The molecule has 5 aliphatic rings. The Hall–Kier alpha value is -2.50. The molecule has 2 bridgehead atoms. The molecule has 0 unspecified atom stereocenters. The van der Waals surface area contributed by atoms with Crippen molar-refractivity contribution in [2.75, 3.05) is 0 Å². The molecule has 0 spiro atoms. The number of hydrogen-bond donors (Lipinski definition) is 5. The molecule has 0 aromatic heterocycles. The highest BCUT2D eigenvalue weighted by atomic mass is 16.7. The van der Waals surface area contributed by atoms with Crippen LogP contribution in [0.25, 0.3) is 0 Å². The molecule has 0 amide bonds. The number of carbonyl (C=O) groups is 2. The first kappa shape index (κ1) is 41.9. The van der Waals surface area contributed by atoms with Crippen LogP contribution in [0.15, 0.2) is 48.3 Å². The van der Waals surface area contributed by atoms with Crippen LogP contribution in [0.5, 0.6) is 0 Å². The minimum atomic E-state index is -0.770. The lowest BCUT2D eigenvalue weighted by Crippen LogP contribution is -2.55. The molecule has 0 aromatic rings. The summed E-state index contributed by atoms with van der Waals surface area (Å²) < 4.78 is 17.5. The standard InChI is InChI=1S/2C20H32O5/c1-2-3-6-9-15(21)12-13-17-16(18-14-20(24-17)25-18)10-7-4-5-8-11-19(22)23;1-2-3-4-7-14(21)10-11-16-17-12-15(8-5-6-9-20(23)24)25-19(17)13-18(16)22/h4,7,12-13,15-18,20-21H,2-3,5-6,8-11,14H2,1H3,(H,22,23);8,10-11,14,16-19,21-22H,2-7,9,12-13H2,1H3,(H,23,24)/b7-4-,13-12+;11-10+,15-8-/t15-,16+,17+,18-,20+;14-,16+,17+,18+,19-/m00/s1. The van der Waals surface area contributed by atoms with Crippen molar-refractivity contribution in [1.82, 2.24) is 0 Å². The van der Waals surface area contributed by atoms with Crippen molar-refractivity contribution in [2.45, 2.75) is 172 Å². The van der Waals surface area contributed by atoms with E-state index in [1.165, 1.54) is 0 Å². The van der Waals surface area contributed by atoms with E-state index < -0.39 is 30.3 Å². The Labute approximate surface area is 299 Å². The number of carboxylic acid groups (broad SMARTS) is 2. The van der Waals surface area contributed by atoms with E-state index in [4.69, 9.17) is 24.4 Å². The van der Waals surface area contributed by atoms with Crippen LogP contribution in [0.1, 0.15) is 129 Å². The summed E-state index contributed by atoms with van der Waals surface area (Å²) in [5.41, 5.74) is 0. The number of allylic oxidation sites excluding steroid dienone is 4. The molecule has 50 heavy (non-hydrogen) atoms. The minimum Gasteiger partial charge on any atom is -0.495 e. The van der Waals surface area contributed by atoms with Crippen molar-refractivity contribution in [3.63, 3.8) is 0 Å². The van der Waals surface area contributed by atoms with E-state index in [0.29, 0.717) is 25.7 Å². The Morgan fingerprint density at radius 2 is 1.42 bits per heavy atom. The van der Waals surface area contributed by atoms with Gasteiger partial charge in [0.1, 0.15) is 6.10 Å². The van der Waals surface area contributed by atoms with Gasteiger partial charge in [-0.1, -0.05) is 88.8 Å². The van der Waals surface area contributed by atoms with E-state index in [1.807, 2.05) is 36.5 Å². The third-order valence-electron chi connectivity index (χ3n) is 10.2. The van der Waals surface area contributed by atoms with E-state index in [-0.39, 0.29) is 55.2 Å². The quantitative estimate of drug-likeness (QED) is 0.0574. The van der Waals surface area contributed by atoms with Gasteiger partial charge in [-0.25, -0.2) is 0 Å². The lowest BCUT2D eigenvalue weighted by atomic mass is 9.84. The monoisotopic (exact) mass is 704 g/mol. The number of aliphatic hydroxyl groups is 3. The van der Waals surface area contributed by atoms with Gasteiger partial charge in [0.05, 0.1) is 36.3 Å². The number of fused-ring (bicyclic) bond motifs is 3. The number of rotatable bonds is 22. The highest BCUT2D eigenvalue weighted by molar-refractivity contribution is 5.66. The number of aliphatic carboxylic acids is 2. The fourth-order valence-corrected chi connectivity index (χ4v) is 7.23. The molecule has 4 saturated heterocycles. The number of unbranched alkanes of at least 4 members (excludes halogenated alkanes) is 6. The average molecular weight is 705 g/mol. The van der Waals surface area contributed by atoms with Crippen molar-refractivity contribution in [2.24, 2.45) is 17.8 Å². The Bertz CT molecular complexity index is 1110. The second-order valence-electron chi connectivity index (χ2n) is 14.4. The van der Waals surface area contributed by atoms with Gasteiger partial charge in [0.25, 0.3) is 0 Å². The highest BCUT2D eigenvalue weighted by Crippen LogP contribution is 2.45. The van der Waals surface area contributed by atoms with Gasteiger partial charge in [0.2, 0.25) is 0 Å². The summed E-state index contributed by atoms with van der Waals surface area (Å²) in [6, 6.07) is 0. The van der Waals surface area contributed by atoms with Crippen LogP contribution in [0, 0.1) is 17.8 Å². The third kappa shape index (κ3) is 15.0. The maximum absolute atomic E-state index is 10.5. The second kappa shape index (κ2) is 23.1. The molecule has 4 aliphatic heterocycles. The summed E-state index contributed by atoms with van der Waals surface area (Å²) in [5.74, 6) is -0.0522. The van der Waals surface area contributed by atoms with Crippen LogP contribution >= 0.6 is 0 Å². The fourth-order valence-electron chi connectivity index (χ4n) is 7.23. The van der Waals surface area contributed by atoms with Crippen molar-refractivity contribution < 1.29 is 49.3 Å². The largest absolute Gasteiger partial charge is 0.495 e. The SMILES string of the molecule is CCCCC[C@H](O)/C=C/[C@@H]1[C@H]2C/C(=C/CCCC(=O)O)O[C@H]2C[C@H]1O.CCCCC[C@H](O)/C=C/[C@H]1O[C@H]2C[C@H](O2)[C@@H]1C/C=C\CCCC(=O)O. The Morgan fingerprint density at radius 1 is 0.800 bits per heavy atom. The van der Waals surface area contributed by atoms with E-state index in [9.17, 15) is 24.9 Å². The molecule has 0 radical (unpaired) electrons. The topological polar surface area (TPSA) is 163 Å². The summed E-state index contributed by atoms with van der Waals surface area (Å²) in [5, 5.41) is 47.7. The predicted octanol–water partition coefficient (Wildman–Crippen LogP) is 7.22. The zero-order chi connectivity index (χ0) is 36.3. The Kier molecular flexibility index (Phi) is 19.4. The smallest absolute Gasteiger partial charge is 0.303 e. The molecule has 1 aliphatic carbocycles. The normalized spacial score (nSPS) is 30.6. The van der Waals surface area contributed by atoms with Crippen LogP contribution < -0.4 is 0 Å². The lowest BCUT2D eigenvalue weighted by Gasteiger charge is -2.49. The molecular formula is C40H64O10. The summed E-state index contributed by atoms with van der Waals surface area (Å²) in [6.07, 6.45) is 27.3. The van der Waals surface area contributed by atoms with Gasteiger partial charge in [0.15, 0.2) is 6.29 Å². The van der Waals surface area contributed by atoms with Crippen LogP contribution in [0.2, 0.25) is 0 Å². The fraction of sp³-hybridized carbons (Fsp3) is 0.750. The van der Waals surface area contributed by atoms with Gasteiger partial charge < -0.3 is 39.7 Å². The van der Waals surface area contributed by atoms with Gasteiger partial charge in [-0.05, 0) is 51.0 Å². The summed E-state index contributed by atoms with van der Waals surface area (Å²) in [7, 11) is 0. The maximum Gasteiger partial charge on any atom is 0.303 e. The van der Waals surface area contributed by atoms with Gasteiger partial charge >= 0.3 is 11.9 Å². The predicted molar refractivity (Wildman–Crippen MR) is 192 cm³/mol. The zero-order valence-electron chi connectivity index (χ0n) is 30.3. The number of hydrogen-bond acceptors (Lipinski definition) is 8. The number of carboxylic acids is 2. The molecule has 10 atom stereocenters. The highest BCUT2D eigenvalue weighted by Gasteiger charge is 2.47. The van der Waals surface area contributed by atoms with E-state index in [1.54, 1.807) is 0 Å². The molecule has 10 nitrogen and oxygen atoms in total. The lowest BCUT2D eigenvalue weighted by molar-refractivity contribution is -0.337. The number of aliphatic hydroxyl groups excluding tert-OH is 3. The van der Waals surface area contributed by atoms with Crippen molar-refractivity contribution in [3.05, 3.63) is 48.3 Å². The molecule has 1 saturated carbocycles. The molecule has 5 fully saturated rings. The minimum absolute atomic E-state index is 0.0120. The third-order valence-corrected chi connectivity index (χ3v) is 10.2. The Balaban J connectivity index is 0.000000270. The van der Waals surface area contributed by atoms with E-state index in [2.05, 4.69) is 19.9 Å².